The molecule has 1 amide bonds. The molecule has 1 fully saturated rings. The third-order valence-electron chi connectivity index (χ3n) is 5.12. The minimum atomic E-state index is -0.437. The molecule has 6 nitrogen and oxygen atoms in total. The van der Waals surface area contributed by atoms with Gasteiger partial charge in [0.05, 0.1) is 5.54 Å². The summed E-state index contributed by atoms with van der Waals surface area (Å²) in [5.41, 5.74) is 7.19. The number of rotatable bonds is 4. The SMILES string of the molecule is Cl.NC1(c2noc(CCC(=O)N3CCc4sccc4C3)n2)CCCC1. The summed E-state index contributed by atoms with van der Waals surface area (Å²) in [6.45, 7) is 1.52. The molecule has 0 unspecified atom stereocenters. The average molecular weight is 383 g/mol. The highest BCUT2D eigenvalue weighted by Gasteiger charge is 2.36. The maximum atomic E-state index is 12.4. The van der Waals surface area contributed by atoms with E-state index >= 15 is 0 Å². The second-order valence-electron chi connectivity index (χ2n) is 6.81. The Balaban J connectivity index is 0.00000182. The summed E-state index contributed by atoms with van der Waals surface area (Å²) >= 11 is 1.78. The lowest BCUT2D eigenvalue weighted by atomic mass is 9.99. The van der Waals surface area contributed by atoms with Crippen molar-refractivity contribution in [2.75, 3.05) is 6.54 Å². The van der Waals surface area contributed by atoms with Crippen molar-refractivity contribution >= 4 is 29.7 Å². The standard InChI is InChI=1S/C17H22N4O2S.ClH/c18-17(7-1-2-8-17)16-19-14(23-20-16)3-4-15(22)21-9-5-13-12(11-21)6-10-24-13;/h6,10H,1-5,7-9,11,18H2;1H. The van der Waals surface area contributed by atoms with Crippen molar-refractivity contribution in [1.29, 1.82) is 0 Å². The summed E-state index contributed by atoms with van der Waals surface area (Å²) in [4.78, 5) is 20.2. The predicted molar refractivity (Wildman–Crippen MR) is 97.6 cm³/mol. The highest BCUT2D eigenvalue weighted by molar-refractivity contribution is 7.10. The molecule has 4 rings (SSSR count). The van der Waals surface area contributed by atoms with Gasteiger partial charge >= 0.3 is 0 Å². The number of amides is 1. The number of aromatic nitrogens is 2. The summed E-state index contributed by atoms with van der Waals surface area (Å²) in [6.07, 6.45) is 5.87. The molecule has 2 aromatic rings. The second-order valence-corrected chi connectivity index (χ2v) is 7.81. The first-order valence-electron chi connectivity index (χ1n) is 8.59. The fourth-order valence-electron chi connectivity index (χ4n) is 3.62. The molecular formula is C17H23ClN4O2S. The van der Waals surface area contributed by atoms with Gasteiger partial charge in [0.1, 0.15) is 0 Å². The van der Waals surface area contributed by atoms with Gasteiger partial charge in [0.2, 0.25) is 11.8 Å². The summed E-state index contributed by atoms with van der Waals surface area (Å²) in [6, 6.07) is 2.12. The van der Waals surface area contributed by atoms with Crippen molar-refractivity contribution in [2.45, 2.75) is 57.0 Å². The van der Waals surface area contributed by atoms with Gasteiger partial charge in [-0.15, -0.1) is 23.7 Å². The van der Waals surface area contributed by atoms with Gasteiger partial charge in [0, 0.05) is 30.8 Å². The third kappa shape index (κ3) is 3.73. The van der Waals surface area contributed by atoms with Crippen LogP contribution in [0.4, 0.5) is 0 Å². The van der Waals surface area contributed by atoms with Crippen molar-refractivity contribution in [3.8, 4) is 0 Å². The number of carbonyl (C=O) groups is 1. The number of nitrogens with two attached hydrogens (primary N) is 1. The Morgan fingerprint density at radius 2 is 2.20 bits per heavy atom. The van der Waals surface area contributed by atoms with Gasteiger partial charge in [0.25, 0.3) is 0 Å². The van der Waals surface area contributed by atoms with Crippen LogP contribution in [0.15, 0.2) is 16.0 Å². The molecule has 2 aliphatic rings. The Bertz CT molecular complexity index is 739. The number of fused-ring (bicyclic) bond motifs is 1. The molecule has 3 heterocycles. The van der Waals surface area contributed by atoms with Crippen molar-refractivity contribution in [3.05, 3.63) is 33.6 Å². The summed E-state index contributed by atoms with van der Waals surface area (Å²) in [5.74, 6) is 1.27. The minimum absolute atomic E-state index is 0. The molecule has 136 valence electrons. The highest BCUT2D eigenvalue weighted by atomic mass is 35.5. The maximum absolute atomic E-state index is 12.4. The monoisotopic (exact) mass is 382 g/mol. The van der Waals surface area contributed by atoms with Gasteiger partial charge in [-0.2, -0.15) is 4.98 Å². The van der Waals surface area contributed by atoms with Crippen LogP contribution in [0.5, 0.6) is 0 Å². The fraction of sp³-hybridized carbons (Fsp3) is 0.588. The van der Waals surface area contributed by atoms with E-state index in [0.29, 0.717) is 24.6 Å². The van der Waals surface area contributed by atoms with Crippen LogP contribution in [0.25, 0.3) is 0 Å². The van der Waals surface area contributed by atoms with Crippen LogP contribution < -0.4 is 5.73 Å². The third-order valence-corrected chi connectivity index (χ3v) is 6.15. The van der Waals surface area contributed by atoms with Crippen LogP contribution in [0.2, 0.25) is 0 Å². The number of thiophene rings is 1. The molecular weight excluding hydrogens is 360 g/mol. The van der Waals surface area contributed by atoms with Crippen LogP contribution in [0.3, 0.4) is 0 Å². The molecule has 0 spiro atoms. The van der Waals surface area contributed by atoms with Crippen LogP contribution >= 0.6 is 23.7 Å². The molecule has 0 aromatic carbocycles. The summed E-state index contributed by atoms with van der Waals surface area (Å²) < 4.78 is 5.31. The molecule has 25 heavy (non-hydrogen) atoms. The molecule has 0 radical (unpaired) electrons. The van der Waals surface area contributed by atoms with Gasteiger partial charge in [-0.05, 0) is 36.3 Å². The topological polar surface area (TPSA) is 85.2 Å². The van der Waals surface area contributed by atoms with E-state index in [4.69, 9.17) is 10.3 Å². The maximum Gasteiger partial charge on any atom is 0.227 e. The zero-order chi connectivity index (χ0) is 16.6. The van der Waals surface area contributed by atoms with E-state index in [-0.39, 0.29) is 18.3 Å². The first-order valence-corrected chi connectivity index (χ1v) is 9.47. The largest absolute Gasteiger partial charge is 0.339 e. The quantitative estimate of drug-likeness (QED) is 0.878. The van der Waals surface area contributed by atoms with Crippen LogP contribution in [-0.2, 0) is 29.7 Å². The van der Waals surface area contributed by atoms with E-state index in [0.717, 1.165) is 45.2 Å². The van der Waals surface area contributed by atoms with E-state index < -0.39 is 5.54 Å². The lowest BCUT2D eigenvalue weighted by Gasteiger charge is -2.26. The minimum Gasteiger partial charge on any atom is -0.339 e. The lowest BCUT2D eigenvalue weighted by molar-refractivity contribution is -0.132. The average Bonchev–Trinajstić information content (AvgIpc) is 3.32. The Labute approximate surface area is 157 Å². The van der Waals surface area contributed by atoms with E-state index in [2.05, 4.69) is 21.6 Å². The number of carbonyl (C=O) groups excluding carboxylic acids is 1. The first-order chi connectivity index (χ1) is 11.6. The number of hydrogen-bond acceptors (Lipinski definition) is 6. The van der Waals surface area contributed by atoms with Crippen LogP contribution in [-0.4, -0.2) is 27.5 Å². The predicted octanol–water partition coefficient (Wildman–Crippen LogP) is 2.80. The van der Waals surface area contributed by atoms with Crippen molar-refractivity contribution in [3.63, 3.8) is 0 Å². The van der Waals surface area contributed by atoms with Crippen LogP contribution in [0, 0.1) is 0 Å². The van der Waals surface area contributed by atoms with Crippen molar-refractivity contribution in [2.24, 2.45) is 5.73 Å². The molecule has 2 N–H and O–H groups in total. The van der Waals surface area contributed by atoms with Gasteiger partial charge < -0.3 is 15.2 Å². The Hall–Kier alpha value is -1.44. The Morgan fingerprint density at radius 3 is 3.00 bits per heavy atom. The van der Waals surface area contributed by atoms with Gasteiger partial charge in [-0.3, -0.25) is 4.79 Å². The number of nitrogens with zero attached hydrogens (tertiary/aromatic N) is 3. The van der Waals surface area contributed by atoms with E-state index in [1.54, 1.807) is 11.3 Å². The van der Waals surface area contributed by atoms with E-state index in [1.807, 2.05) is 4.90 Å². The number of halogens is 1. The van der Waals surface area contributed by atoms with Crippen LogP contribution in [0.1, 0.15) is 54.3 Å². The zero-order valence-corrected chi connectivity index (χ0v) is 15.7. The lowest BCUT2D eigenvalue weighted by Crippen LogP contribution is -2.35. The molecule has 1 aliphatic heterocycles. The second kappa shape index (κ2) is 7.43. The molecule has 2 aromatic heterocycles. The van der Waals surface area contributed by atoms with Gasteiger partial charge in [0.15, 0.2) is 5.82 Å². The van der Waals surface area contributed by atoms with Gasteiger partial charge in [-0.25, -0.2) is 0 Å². The molecule has 0 saturated heterocycles. The summed E-state index contributed by atoms with van der Waals surface area (Å²) in [7, 11) is 0. The smallest absolute Gasteiger partial charge is 0.227 e. The molecule has 0 atom stereocenters. The van der Waals surface area contributed by atoms with Gasteiger partial charge in [-0.1, -0.05) is 18.0 Å². The molecule has 8 heteroatoms. The first kappa shape index (κ1) is 18.4. The normalized spacial score (nSPS) is 18.7. The van der Waals surface area contributed by atoms with E-state index in [1.165, 1.54) is 10.4 Å². The molecule has 0 bridgehead atoms. The Morgan fingerprint density at radius 1 is 1.40 bits per heavy atom. The summed E-state index contributed by atoms with van der Waals surface area (Å²) in [5, 5.41) is 6.15. The van der Waals surface area contributed by atoms with Crippen molar-refractivity contribution in [1.82, 2.24) is 15.0 Å². The number of hydrogen-bond donors (Lipinski definition) is 1. The number of aryl methyl sites for hydroxylation is 1. The fourth-order valence-corrected chi connectivity index (χ4v) is 4.51. The van der Waals surface area contributed by atoms with Crippen molar-refractivity contribution < 1.29 is 9.32 Å². The Kier molecular flexibility index (Phi) is 5.46. The van der Waals surface area contributed by atoms with E-state index in [9.17, 15) is 4.79 Å². The zero-order valence-electron chi connectivity index (χ0n) is 14.1. The highest BCUT2D eigenvalue weighted by Crippen LogP contribution is 2.34. The molecule has 1 saturated carbocycles. The molecule has 1 aliphatic carbocycles.